The van der Waals surface area contributed by atoms with Crippen LogP contribution in [0.4, 0.5) is 8.78 Å². The normalized spacial score (nSPS) is 21.2. The molecule has 0 saturated carbocycles. The summed E-state index contributed by atoms with van der Waals surface area (Å²) in [5.41, 5.74) is 0.720. The number of nitrogens with one attached hydrogen (secondary N) is 2. The summed E-state index contributed by atoms with van der Waals surface area (Å²) >= 11 is 1.44. The third-order valence-corrected chi connectivity index (χ3v) is 5.13. The van der Waals surface area contributed by atoms with E-state index in [0.717, 1.165) is 29.5 Å². The van der Waals surface area contributed by atoms with Crippen molar-refractivity contribution in [1.82, 2.24) is 10.6 Å². The Morgan fingerprint density at radius 1 is 1.26 bits per heavy atom. The minimum absolute atomic E-state index is 0.0311. The zero-order chi connectivity index (χ0) is 16.4. The van der Waals surface area contributed by atoms with Crippen LogP contribution in [0, 0.1) is 18.6 Å². The summed E-state index contributed by atoms with van der Waals surface area (Å²) in [7, 11) is 0. The van der Waals surface area contributed by atoms with E-state index < -0.39 is 11.6 Å². The second-order valence-electron chi connectivity index (χ2n) is 5.76. The summed E-state index contributed by atoms with van der Waals surface area (Å²) < 4.78 is 26.7. The largest absolute Gasteiger partial charge is 0.347 e. The Kier molecular flexibility index (Phi) is 4.73. The lowest BCUT2D eigenvalue weighted by Crippen LogP contribution is -2.49. The maximum absolute atomic E-state index is 13.5. The van der Waals surface area contributed by atoms with E-state index in [2.05, 4.69) is 10.6 Å². The fraction of sp³-hybridized carbons (Fsp3) is 0.353. The number of aryl methyl sites for hydroxylation is 1. The number of benzene rings is 1. The number of halogens is 2. The van der Waals surface area contributed by atoms with E-state index in [-0.39, 0.29) is 17.9 Å². The number of piperidine rings is 1. The summed E-state index contributed by atoms with van der Waals surface area (Å²) in [4.78, 5) is 14.1. The van der Waals surface area contributed by atoms with Gasteiger partial charge in [-0.05, 0) is 49.7 Å². The molecule has 2 unspecified atom stereocenters. The number of thiophene rings is 1. The van der Waals surface area contributed by atoms with Crippen LogP contribution in [0.2, 0.25) is 0 Å². The van der Waals surface area contributed by atoms with Crippen LogP contribution in [0.25, 0.3) is 0 Å². The van der Waals surface area contributed by atoms with Gasteiger partial charge in [-0.15, -0.1) is 11.3 Å². The summed E-state index contributed by atoms with van der Waals surface area (Å²) in [6, 6.07) is 7.55. The molecular formula is C17H18F2N2OS. The molecule has 1 aromatic heterocycles. The van der Waals surface area contributed by atoms with Gasteiger partial charge < -0.3 is 10.6 Å². The molecule has 1 aromatic carbocycles. The highest BCUT2D eigenvalue weighted by Gasteiger charge is 2.28. The minimum Gasteiger partial charge on any atom is -0.347 e. The fourth-order valence-electron chi connectivity index (χ4n) is 2.95. The first-order chi connectivity index (χ1) is 11.0. The standard InChI is InChI=1S/C17H18F2N2OS/c1-10-2-5-16(23-10)17(22)21-15-9-20-7-6-12(15)11-3-4-13(18)14(19)8-11/h2-5,8,12,15,20H,6-7,9H2,1H3,(H,21,22). The first-order valence-corrected chi connectivity index (χ1v) is 8.39. The molecule has 1 aliphatic rings. The number of carbonyl (C=O) groups is 1. The van der Waals surface area contributed by atoms with Gasteiger partial charge in [0.05, 0.1) is 4.88 Å². The quantitative estimate of drug-likeness (QED) is 0.904. The SMILES string of the molecule is Cc1ccc(C(=O)NC2CNCCC2c2ccc(F)c(F)c2)s1. The second-order valence-corrected chi connectivity index (χ2v) is 7.05. The van der Waals surface area contributed by atoms with E-state index in [0.29, 0.717) is 11.4 Å². The van der Waals surface area contributed by atoms with Crippen molar-refractivity contribution in [3.8, 4) is 0 Å². The highest BCUT2D eigenvalue weighted by Crippen LogP contribution is 2.27. The van der Waals surface area contributed by atoms with E-state index >= 15 is 0 Å². The van der Waals surface area contributed by atoms with Crippen molar-refractivity contribution in [2.75, 3.05) is 13.1 Å². The number of rotatable bonds is 3. The highest BCUT2D eigenvalue weighted by atomic mass is 32.1. The molecule has 2 N–H and O–H groups in total. The number of amides is 1. The fourth-order valence-corrected chi connectivity index (χ4v) is 3.72. The van der Waals surface area contributed by atoms with Crippen LogP contribution < -0.4 is 10.6 Å². The molecule has 1 aliphatic heterocycles. The molecule has 122 valence electrons. The van der Waals surface area contributed by atoms with Gasteiger partial charge in [0.15, 0.2) is 11.6 Å². The molecule has 2 atom stereocenters. The van der Waals surface area contributed by atoms with Crippen LogP contribution in [0.15, 0.2) is 30.3 Å². The highest BCUT2D eigenvalue weighted by molar-refractivity contribution is 7.13. The van der Waals surface area contributed by atoms with Crippen LogP contribution in [0.3, 0.4) is 0 Å². The lowest BCUT2D eigenvalue weighted by atomic mass is 9.86. The van der Waals surface area contributed by atoms with E-state index in [4.69, 9.17) is 0 Å². The molecule has 2 heterocycles. The molecule has 0 spiro atoms. The monoisotopic (exact) mass is 336 g/mol. The molecule has 1 amide bonds. The third kappa shape index (κ3) is 3.59. The topological polar surface area (TPSA) is 41.1 Å². The molecule has 2 aromatic rings. The molecule has 0 bridgehead atoms. The molecule has 3 rings (SSSR count). The molecule has 1 saturated heterocycles. The Hall–Kier alpha value is -1.79. The van der Waals surface area contributed by atoms with E-state index in [1.807, 2.05) is 13.0 Å². The Morgan fingerprint density at radius 3 is 2.78 bits per heavy atom. The third-order valence-electron chi connectivity index (χ3n) is 4.13. The molecule has 6 heteroatoms. The Balaban J connectivity index is 1.78. The summed E-state index contributed by atoms with van der Waals surface area (Å²) in [5.74, 6) is -1.85. The van der Waals surface area contributed by atoms with Gasteiger partial charge in [0.25, 0.3) is 5.91 Å². The van der Waals surface area contributed by atoms with E-state index in [1.54, 1.807) is 12.1 Å². The molecule has 0 radical (unpaired) electrons. The van der Waals surface area contributed by atoms with E-state index in [1.165, 1.54) is 17.4 Å². The number of hydrogen-bond donors (Lipinski definition) is 2. The lowest BCUT2D eigenvalue weighted by Gasteiger charge is -2.33. The van der Waals surface area contributed by atoms with Crippen molar-refractivity contribution in [1.29, 1.82) is 0 Å². The Morgan fingerprint density at radius 2 is 2.09 bits per heavy atom. The molecule has 3 nitrogen and oxygen atoms in total. The number of hydrogen-bond acceptors (Lipinski definition) is 3. The van der Waals surface area contributed by atoms with Crippen LogP contribution in [0.5, 0.6) is 0 Å². The van der Waals surface area contributed by atoms with Gasteiger partial charge in [0, 0.05) is 23.4 Å². The Labute approximate surface area is 137 Å². The zero-order valence-corrected chi connectivity index (χ0v) is 13.6. The van der Waals surface area contributed by atoms with Gasteiger partial charge in [-0.1, -0.05) is 6.07 Å². The maximum atomic E-state index is 13.5. The summed E-state index contributed by atoms with van der Waals surface area (Å²) in [6.07, 6.45) is 0.763. The van der Waals surface area contributed by atoms with Crippen molar-refractivity contribution >= 4 is 17.2 Å². The number of carbonyl (C=O) groups excluding carboxylic acids is 1. The van der Waals surface area contributed by atoms with Gasteiger partial charge in [0.2, 0.25) is 0 Å². The average molecular weight is 336 g/mol. The lowest BCUT2D eigenvalue weighted by molar-refractivity contribution is 0.0928. The van der Waals surface area contributed by atoms with Crippen LogP contribution in [-0.4, -0.2) is 25.0 Å². The van der Waals surface area contributed by atoms with Crippen molar-refractivity contribution in [3.05, 3.63) is 57.3 Å². The van der Waals surface area contributed by atoms with Gasteiger partial charge in [-0.25, -0.2) is 8.78 Å². The first kappa shape index (κ1) is 16.1. The van der Waals surface area contributed by atoms with Gasteiger partial charge >= 0.3 is 0 Å². The van der Waals surface area contributed by atoms with Crippen molar-refractivity contribution in [3.63, 3.8) is 0 Å². The van der Waals surface area contributed by atoms with Gasteiger partial charge in [-0.3, -0.25) is 4.79 Å². The average Bonchev–Trinajstić information content (AvgIpc) is 2.97. The molecular weight excluding hydrogens is 318 g/mol. The first-order valence-electron chi connectivity index (χ1n) is 7.57. The Bertz CT molecular complexity index is 716. The molecule has 0 aliphatic carbocycles. The van der Waals surface area contributed by atoms with Crippen LogP contribution in [0.1, 0.15) is 32.5 Å². The zero-order valence-electron chi connectivity index (χ0n) is 12.7. The minimum atomic E-state index is -0.850. The van der Waals surface area contributed by atoms with Gasteiger partial charge in [0.1, 0.15) is 0 Å². The van der Waals surface area contributed by atoms with Crippen LogP contribution in [-0.2, 0) is 0 Å². The summed E-state index contributed by atoms with van der Waals surface area (Å²) in [6.45, 7) is 3.35. The van der Waals surface area contributed by atoms with Crippen LogP contribution >= 0.6 is 11.3 Å². The van der Waals surface area contributed by atoms with Gasteiger partial charge in [-0.2, -0.15) is 0 Å². The summed E-state index contributed by atoms with van der Waals surface area (Å²) in [5, 5.41) is 6.27. The molecule has 1 fully saturated rings. The second kappa shape index (κ2) is 6.76. The van der Waals surface area contributed by atoms with Crippen molar-refractivity contribution in [2.24, 2.45) is 0 Å². The van der Waals surface area contributed by atoms with Crippen molar-refractivity contribution in [2.45, 2.75) is 25.3 Å². The predicted molar refractivity (Wildman–Crippen MR) is 86.9 cm³/mol. The van der Waals surface area contributed by atoms with E-state index in [9.17, 15) is 13.6 Å². The maximum Gasteiger partial charge on any atom is 0.261 e. The predicted octanol–water partition coefficient (Wildman–Crippen LogP) is 3.21. The van der Waals surface area contributed by atoms with Crippen molar-refractivity contribution < 1.29 is 13.6 Å². The smallest absolute Gasteiger partial charge is 0.261 e. The molecule has 23 heavy (non-hydrogen) atoms.